The quantitative estimate of drug-likeness (QED) is 0.876. The maximum atomic E-state index is 13.1. The molecule has 6 heteroatoms. The predicted octanol–water partition coefficient (Wildman–Crippen LogP) is 1.20. The van der Waals surface area contributed by atoms with Crippen molar-refractivity contribution < 1.29 is 18.4 Å². The van der Waals surface area contributed by atoms with Gasteiger partial charge < -0.3 is 10.2 Å². The maximum Gasteiger partial charge on any atom is 0.245 e. The van der Waals surface area contributed by atoms with E-state index >= 15 is 0 Å². The molecule has 2 rings (SSSR count). The Morgan fingerprint density at radius 1 is 1.26 bits per heavy atom. The first-order chi connectivity index (χ1) is 8.82. The zero-order chi connectivity index (χ0) is 14.2. The number of hydrogen-bond acceptors (Lipinski definition) is 2. The van der Waals surface area contributed by atoms with E-state index in [9.17, 15) is 18.4 Å². The van der Waals surface area contributed by atoms with Crippen LogP contribution in [-0.2, 0) is 16.1 Å². The van der Waals surface area contributed by atoms with E-state index in [-0.39, 0.29) is 24.9 Å². The minimum Gasteiger partial charge on any atom is -0.345 e. The van der Waals surface area contributed by atoms with Crippen molar-refractivity contribution in [3.63, 3.8) is 0 Å². The maximum absolute atomic E-state index is 13.1. The molecule has 1 aliphatic heterocycles. The lowest BCUT2D eigenvalue weighted by Crippen LogP contribution is -2.63. The van der Waals surface area contributed by atoms with E-state index in [0.717, 1.165) is 12.1 Å². The Morgan fingerprint density at radius 2 is 1.95 bits per heavy atom. The van der Waals surface area contributed by atoms with Crippen LogP contribution in [0.2, 0.25) is 0 Å². The lowest BCUT2D eigenvalue weighted by Gasteiger charge is -2.41. The van der Waals surface area contributed by atoms with Crippen molar-refractivity contribution in [1.82, 2.24) is 10.2 Å². The van der Waals surface area contributed by atoms with Gasteiger partial charge in [0.05, 0.1) is 6.54 Å². The van der Waals surface area contributed by atoms with Gasteiger partial charge in [-0.3, -0.25) is 9.59 Å². The third kappa shape index (κ3) is 2.43. The molecule has 0 spiro atoms. The van der Waals surface area contributed by atoms with Gasteiger partial charge >= 0.3 is 0 Å². The third-order valence-corrected chi connectivity index (χ3v) is 3.26. The van der Waals surface area contributed by atoms with Crippen molar-refractivity contribution >= 4 is 11.8 Å². The van der Waals surface area contributed by atoms with Crippen LogP contribution in [-0.4, -0.2) is 28.8 Å². The van der Waals surface area contributed by atoms with E-state index in [1.165, 1.54) is 11.0 Å². The number of nitrogens with zero attached hydrogens (tertiary/aromatic N) is 1. The summed E-state index contributed by atoms with van der Waals surface area (Å²) in [5.41, 5.74) is -0.574. The summed E-state index contributed by atoms with van der Waals surface area (Å²) in [6.45, 7) is 3.21. The Balaban J connectivity index is 2.27. The first kappa shape index (κ1) is 13.5. The molecule has 4 nitrogen and oxygen atoms in total. The first-order valence-corrected chi connectivity index (χ1v) is 5.85. The van der Waals surface area contributed by atoms with Crippen molar-refractivity contribution in [1.29, 1.82) is 0 Å². The number of nitrogens with one attached hydrogen (secondary N) is 1. The fourth-order valence-corrected chi connectivity index (χ4v) is 2.01. The number of carbonyl (C=O) groups excluding carboxylic acids is 2. The van der Waals surface area contributed by atoms with E-state index < -0.39 is 17.2 Å². The van der Waals surface area contributed by atoms with Crippen LogP contribution in [0.4, 0.5) is 8.78 Å². The number of benzene rings is 1. The second-order valence-electron chi connectivity index (χ2n) is 4.97. The molecule has 0 unspecified atom stereocenters. The van der Waals surface area contributed by atoms with Gasteiger partial charge in [-0.05, 0) is 31.5 Å². The van der Waals surface area contributed by atoms with E-state index in [1.807, 2.05) is 0 Å². The number of hydrogen-bond donors (Lipinski definition) is 1. The lowest BCUT2D eigenvalue weighted by molar-refractivity contribution is -0.152. The smallest absolute Gasteiger partial charge is 0.245 e. The highest BCUT2D eigenvalue weighted by molar-refractivity contribution is 5.97. The summed E-state index contributed by atoms with van der Waals surface area (Å²) < 4.78 is 26.0. The Hall–Kier alpha value is -1.98. The minimum atomic E-state index is -1.01. The van der Waals surface area contributed by atoms with Crippen LogP contribution >= 0.6 is 0 Å². The van der Waals surface area contributed by atoms with Gasteiger partial charge in [-0.2, -0.15) is 0 Å². The molecule has 0 saturated carbocycles. The molecule has 0 bridgehead atoms. The van der Waals surface area contributed by atoms with E-state index in [0.29, 0.717) is 5.56 Å². The summed E-state index contributed by atoms with van der Waals surface area (Å²) in [7, 11) is 0. The molecule has 0 atom stereocenters. The molecule has 1 saturated heterocycles. The SMILES string of the molecule is CC1(C)C(=O)NCC(=O)N1Cc1ccc(F)c(F)c1. The molecule has 0 aliphatic carbocycles. The van der Waals surface area contributed by atoms with Crippen molar-refractivity contribution in [3.05, 3.63) is 35.4 Å². The zero-order valence-corrected chi connectivity index (χ0v) is 10.7. The van der Waals surface area contributed by atoms with E-state index in [2.05, 4.69) is 5.32 Å². The summed E-state index contributed by atoms with van der Waals surface area (Å²) >= 11 is 0. The van der Waals surface area contributed by atoms with Crippen LogP contribution in [0.3, 0.4) is 0 Å². The van der Waals surface area contributed by atoms with Crippen LogP contribution in [0.15, 0.2) is 18.2 Å². The lowest BCUT2D eigenvalue weighted by atomic mass is 9.97. The minimum absolute atomic E-state index is 0.0659. The molecule has 0 radical (unpaired) electrons. The van der Waals surface area contributed by atoms with Crippen molar-refractivity contribution in [2.24, 2.45) is 0 Å². The Labute approximate surface area is 109 Å². The summed E-state index contributed by atoms with van der Waals surface area (Å²) in [5.74, 6) is -2.43. The molecule has 1 aliphatic rings. The van der Waals surface area contributed by atoms with Crippen molar-refractivity contribution in [3.8, 4) is 0 Å². The Kier molecular flexibility index (Phi) is 3.26. The second-order valence-corrected chi connectivity index (χ2v) is 4.97. The molecule has 1 aromatic carbocycles. The highest BCUT2D eigenvalue weighted by Crippen LogP contribution is 2.22. The Bertz CT molecular complexity index is 543. The van der Waals surface area contributed by atoms with Gasteiger partial charge in [0.15, 0.2) is 11.6 Å². The van der Waals surface area contributed by atoms with Gasteiger partial charge in [-0.15, -0.1) is 0 Å². The van der Waals surface area contributed by atoms with Gasteiger partial charge in [-0.1, -0.05) is 6.07 Å². The average Bonchev–Trinajstić information content (AvgIpc) is 2.34. The van der Waals surface area contributed by atoms with E-state index in [1.54, 1.807) is 13.8 Å². The fraction of sp³-hybridized carbons (Fsp3) is 0.385. The van der Waals surface area contributed by atoms with Crippen LogP contribution in [0, 0.1) is 11.6 Å². The average molecular weight is 268 g/mol. The second kappa shape index (κ2) is 4.60. The van der Waals surface area contributed by atoms with Crippen LogP contribution in [0.25, 0.3) is 0 Å². The monoisotopic (exact) mass is 268 g/mol. The number of amides is 2. The first-order valence-electron chi connectivity index (χ1n) is 5.85. The molecule has 102 valence electrons. The summed E-state index contributed by atoms with van der Waals surface area (Å²) in [6.07, 6.45) is 0. The van der Waals surface area contributed by atoms with Crippen LogP contribution in [0.5, 0.6) is 0 Å². The van der Waals surface area contributed by atoms with Crippen LogP contribution < -0.4 is 5.32 Å². The standard InChI is InChI=1S/C13H14F2N2O2/c1-13(2)12(19)16-6-11(18)17(13)7-8-3-4-9(14)10(15)5-8/h3-5H,6-7H2,1-2H3,(H,16,19). The molecule has 19 heavy (non-hydrogen) atoms. The van der Waals surface area contributed by atoms with Gasteiger partial charge in [0.25, 0.3) is 0 Å². The summed E-state index contributed by atoms with van der Waals surface area (Å²) in [4.78, 5) is 25.0. The van der Waals surface area contributed by atoms with Gasteiger partial charge in [0, 0.05) is 6.54 Å². The van der Waals surface area contributed by atoms with Gasteiger partial charge in [-0.25, -0.2) is 8.78 Å². The van der Waals surface area contributed by atoms with Crippen molar-refractivity contribution in [2.45, 2.75) is 25.9 Å². The molecular weight excluding hydrogens is 254 g/mol. The summed E-state index contributed by atoms with van der Waals surface area (Å²) in [5, 5.41) is 2.49. The largest absolute Gasteiger partial charge is 0.345 e. The molecule has 1 aromatic rings. The summed E-state index contributed by atoms with van der Waals surface area (Å²) in [6, 6.07) is 3.44. The molecule has 1 fully saturated rings. The molecule has 1 N–H and O–H groups in total. The molecule has 2 amide bonds. The Morgan fingerprint density at radius 3 is 2.58 bits per heavy atom. The number of carbonyl (C=O) groups is 2. The van der Waals surface area contributed by atoms with Gasteiger partial charge in [0.2, 0.25) is 11.8 Å². The van der Waals surface area contributed by atoms with Gasteiger partial charge in [0.1, 0.15) is 5.54 Å². The molecule has 1 heterocycles. The predicted molar refractivity (Wildman–Crippen MR) is 64.0 cm³/mol. The topological polar surface area (TPSA) is 49.4 Å². The number of halogens is 2. The third-order valence-electron chi connectivity index (χ3n) is 3.26. The van der Waals surface area contributed by atoms with Crippen molar-refractivity contribution in [2.75, 3.05) is 6.54 Å². The molecule has 0 aromatic heterocycles. The zero-order valence-electron chi connectivity index (χ0n) is 10.7. The number of piperazine rings is 1. The highest BCUT2D eigenvalue weighted by atomic mass is 19.2. The molecular formula is C13H14F2N2O2. The normalized spacial score (nSPS) is 18.4. The number of rotatable bonds is 2. The fourth-order valence-electron chi connectivity index (χ4n) is 2.01. The highest BCUT2D eigenvalue weighted by Gasteiger charge is 2.41. The van der Waals surface area contributed by atoms with E-state index in [4.69, 9.17) is 0 Å². The van der Waals surface area contributed by atoms with Crippen LogP contribution in [0.1, 0.15) is 19.4 Å².